The minimum Gasteiger partial charge on any atom is -0.371 e. The Bertz CT molecular complexity index is 768. The van der Waals surface area contributed by atoms with Crippen molar-refractivity contribution in [3.63, 3.8) is 0 Å². The predicted octanol–water partition coefficient (Wildman–Crippen LogP) is 3.49. The van der Waals surface area contributed by atoms with Crippen molar-refractivity contribution in [2.45, 2.75) is 82.9 Å². The molecule has 0 spiro atoms. The van der Waals surface area contributed by atoms with Crippen molar-refractivity contribution in [1.82, 2.24) is 5.32 Å². The standard InChI is InChI=1S/C23H32FNO5/c1-6-11-27-18-12-23(21(26)25-15(2)3,13-19-20(18)30-22(4,5)29-19)28-14-16-9-7-8-10-17(16)24/h6-10,15,18-20H,1,11-14H2,2-5H3,(H,25,26)/t18-,19+,20-,23+/m0/s1. The van der Waals surface area contributed by atoms with Crippen LogP contribution in [0.4, 0.5) is 4.39 Å². The summed E-state index contributed by atoms with van der Waals surface area (Å²) in [5, 5.41) is 2.95. The lowest BCUT2D eigenvalue weighted by Crippen LogP contribution is -2.60. The van der Waals surface area contributed by atoms with Crippen LogP contribution in [-0.2, 0) is 30.3 Å². The van der Waals surface area contributed by atoms with Gasteiger partial charge in [-0.15, -0.1) is 6.58 Å². The highest BCUT2D eigenvalue weighted by Gasteiger charge is 2.58. The zero-order valence-corrected chi connectivity index (χ0v) is 18.2. The van der Waals surface area contributed by atoms with Crippen LogP contribution in [0.1, 0.15) is 46.1 Å². The van der Waals surface area contributed by atoms with Gasteiger partial charge in [-0.05, 0) is 33.8 Å². The Morgan fingerprint density at radius 3 is 2.73 bits per heavy atom. The molecule has 1 aliphatic carbocycles. The molecule has 0 aromatic heterocycles. The fourth-order valence-electron chi connectivity index (χ4n) is 4.12. The van der Waals surface area contributed by atoms with E-state index in [4.69, 9.17) is 18.9 Å². The minimum absolute atomic E-state index is 0.0337. The average molecular weight is 422 g/mol. The summed E-state index contributed by atoms with van der Waals surface area (Å²) in [7, 11) is 0. The number of carbonyl (C=O) groups is 1. The number of rotatable bonds is 8. The Labute approximate surface area is 177 Å². The lowest BCUT2D eigenvalue weighted by atomic mass is 9.78. The van der Waals surface area contributed by atoms with Crippen LogP contribution in [0, 0.1) is 5.82 Å². The Morgan fingerprint density at radius 1 is 1.33 bits per heavy atom. The summed E-state index contributed by atoms with van der Waals surface area (Å²) < 4.78 is 38.5. The lowest BCUT2D eigenvalue weighted by Gasteiger charge is -2.43. The van der Waals surface area contributed by atoms with Gasteiger partial charge < -0.3 is 24.3 Å². The SMILES string of the molecule is C=CCO[C@H]1C[C@](OCc2ccccc2F)(C(=O)NC(C)C)C[C@H]2OC(C)(C)O[C@@H]12. The summed E-state index contributed by atoms with van der Waals surface area (Å²) in [5.74, 6) is -1.42. The molecule has 1 saturated heterocycles. The van der Waals surface area contributed by atoms with E-state index in [0.29, 0.717) is 18.6 Å². The maximum absolute atomic E-state index is 14.2. The summed E-state index contributed by atoms with van der Waals surface area (Å²) in [6.45, 7) is 11.4. The third-order valence-electron chi connectivity index (χ3n) is 5.37. The Hall–Kier alpha value is -1.80. The van der Waals surface area contributed by atoms with Gasteiger partial charge in [-0.25, -0.2) is 4.39 Å². The fourth-order valence-corrected chi connectivity index (χ4v) is 4.12. The molecule has 7 heteroatoms. The van der Waals surface area contributed by atoms with Crippen molar-refractivity contribution in [2.75, 3.05) is 6.61 Å². The summed E-state index contributed by atoms with van der Waals surface area (Å²) in [6, 6.07) is 6.32. The zero-order valence-electron chi connectivity index (χ0n) is 18.2. The normalized spacial score (nSPS) is 30.1. The number of halogens is 1. The third-order valence-corrected chi connectivity index (χ3v) is 5.37. The highest BCUT2D eigenvalue weighted by Crippen LogP contribution is 2.44. The van der Waals surface area contributed by atoms with Crippen molar-refractivity contribution < 1.29 is 28.1 Å². The van der Waals surface area contributed by atoms with Gasteiger partial charge in [0.05, 0.1) is 25.4 Å². The molecule has 4 atom stereocenters. The molecule has 6 nitrogen and oxygen atoms in total. The van der Waals surface area contributed by atoms with Crippen LogP contribution in [0.15, 0.2) is 36.9 Å². The van der Waals surface area contributed by atoms with Gasteiger partial charge >= 0.3 is 0 Å². The first kappa shape index (κ1) is 22.9. The van der Waals surface area contributed by atoms with Crippen LogP contribution >= 0.6 is 0 Å². The third kappa shape index (κ3) is 5.09. The number of carbonyl (C=O) groups excluding carboxylic acids is 1. The summed E-state index contributed by atoms with van der Waals surface area (Å²) in [4.78, 5) is 13.3. The predicted molar refractivity (Wildman–Crippen MR) is 110 cm³/mol. The molecule has 1 saturated carbocycles. The molecule has 0 radical (unpaired) electrons. The van der Waals surface area contributed by atoms with Crippen LogP contribution < -0.4 is 5.32 Å². The van der Waals surface area contributed by atoms with E-state index in [0.717, 1.165) is 0 Å². The molecule has 1 aromatic rings. The first-order chi connectivity index (χ1) is 14.2. The second-order valence-corrected chi connectivity index (χ2v) is 8.71. The second-order valence-electron chi connectivity index (χ2n) is 8.71. The highest BCUT2D eigenvalue weighted by atomic mass is 19.1. The van der Waals surface area contributed by atoms with Crippen LogP contribution in [0.5, 0.6) is 0 Å². The van der Waals surface area contributed by atoms with E-state index in [-0.39, 0.29) is 43.0 Å². The van der Waals surface area contributed by atoms with E-state index >= 15 is 0 Å². The van der Waals surface area contributed by atoms with Crippen molar-refractivity contribution in [1.29, 1.82) is 0 Å². The molecule has 3 rings (SSSR count). The molecular weight excluding hydrogens is 389 g/mol. The number of amides is 1. The highest BCUT2D eigenvalue weighted by molar-refractivity contribution is 5.85. The molecule has 30 heavy (non-hydrogen) atoms. The van der Waals surface area contributed by atoms with Gasteiger partial charge in [0, 0.05) is 24.4 Å². The maximum Gasteiger partial charge on any atom is 0.252 e. The molecule has 2 aliphatic rings. The number of ether oxygens (including phenoxy) is 4. The molecule has 166 valence electrons. The van der Waals surface area contributed by atoms with Gasteiger partial charge in [0.2, 0.25) is 0 Å². The van der Waals surface area contributed by atoms with Gasteiger partial charge in [-0.3, -0.25) is 4.79 Å². The molecule has 1 amide bonds. The molecular formula is C23H32FNO5. The number of benzene rings is 1. The first-order valence-electron chi connectivity index (χ1n) is 10.4. The van der Waals surface area contributed by atoms with E-state index in [1.54, 1.807) is 24.3 Å². The van der Waals surface area contributed by atoms with Gasteiger partial charge in [0.1, 0.15) is 11.9 Å². The summed E-state index contributed by atoms with van der Waals surface area (Å²) in [6.07, 6.45) is 1.08. The van der Waals surface area contributed by atoms with E-state index < -0.39 is 17.5 Å². The minimum atomic E-state index is -1.23. The van der Waals surface area contributed by atoms with Gasteiger partial charge in [-0.1, -0.05) is 24.3 Å². The largest absolute Gasteiger partial charge is 0.371 e. The van der Waals surface area contributed by atoms with E-state index in [1.165, 1.54) is 6.07 Å². The number of hydrogen-bond acceptors (Lipinski definition) is 5. The van der Waals surface area contributed by atoms with Crippen molar-refractivity contribution in [3.05, 3.63) is 48.3 Å². The fraction of sp³-hybridized carbons (Fsp3) is 0.609. The molecule has 0 bridgehead atoms. The molecule has 0 unspecified atom stereocenters. The Balaban J connectivity index is 1.90. The van der Waals surface area contributed by atoms with Gasteiger partial charge in [0.15, 0.2) is 11.4 Å². The van der Waals surface area contributed by atoms with Crippen LogP contribution in [-0.4, -0.2) is 48.3 Å². The van der Waals surface area contributed by atoms with Crippen molar-refractivity contribution in [2.24, 2.45) is 0 Å². The average Bonchev–Trinajstić information content (AvgIpc) is 2.98. The van der Waals surface area contributed by atoms with Crippen LogP contribution in [0.3, 0.4) is 0 Å². The van der Waals surface area contributed by atoms with E-state index in [1.807, 2.05) is 27.7 Å². The van der Waals surface area contributed by atoms with E-state index in [9.17, 15) is 9.18 Å². The first-order valence-corrected chi connectivity index (χ1v) is 10.4. The summed E-state index contributed by atoms with van der Waals surface area (Å²) >= 11 is 0. The van der Waals surface area contributed by atoms with E-state index in [2.05, 4.69) is 11.9 Å². The Kier molecular flexibility index (Phi) is 6.97. The Morgan fingerprint density at radius 2 is 2.07 bits per heavy atom. The number of fused-ring (bicyclic) bond motifs is 1. The van der Waals surface area contributed by atoms with Crippen molar-refractivity contribution >= 4 is 5.91 Å². The van der Waals surface area contributed by atoms with Crippen LogP contribution in [0.25, 0.3) is 0 Å². The maximum atomic E-state index is 14.2. The van der Waals surface area contributed by atoms with Gasteiger partial charge in [-0.2, -0.15) is 0 Å². The molecule has 2 fully saturated rings. The topological polar surface area (TPSA) is 66.0 Å². The number of nitrogens with one attached hydrogen (secondary N) is 1. The quantitative estimate of drug-likeness (QED) is 0.651. The molecule has 1 N–H and O–H groups in total. The lowest BCUT2D eigenvalue weighted by molar-refractivity contribution is -0.180. The smallest absolute Gasteiger partial charge is 0.252 e. The molecule has 1 aromatic carbocycles. The molecule has 1 heterocycles. The molecule has 1 aliphatic heterocycles. The van der Waals surface area contributed by atoms with Crippen LogP contribution in [0.2, 0.25) is 0 Å². The number of hydrogen-bond donors (Lipinski definition) is 1. The van der Waals surface area contributed by atoms with Gasteiger partial charge in [0.25, 0.3) is 5.91 Å². The monoisotopic (exact) mass is 421 g/mol. The van der Waals surface area contributed by atoms with Crippen molar-refractivity contribution in [3.8, 4) is 0 Å². The zero-order chi connectivity index (χ0) is 21.9. The summed E-state index contributed by atoms with van der Waals surface area (Å²) in [5.41, 5.74) is -0.840. The second kappa shape index (κ2) is 9.14.